The predicted molar refractivity (Wildman–Crippen MR) is 80.1 cm³/mol. The van der Waals surface area contributed by atoms with Gasteiger partial charge in [-0.3, -0.25) is 9.58 Å². The number of rotatable bonds is 6. The number of ether oxygens (including phenoxy) is 1. The lowest BCUT2D eigenvalue weighted by atomic mass is 10.1. The summed E-state index contributed by atoms with van der Waals surface area (Å²) in [7, 11) is 0. The third kappa shape index (κ3) is 4.14. The van der Waals surface area contributed by atoms with Crippen LogP contribution in [-0.2, 0) is 24.2 Å². The van der Waals surface area contributed by atoms with E-state index >= 15 is 0 Å². The standard InChI is InChI=1S/C15H23N5O2/c1-12(2)8-15-17-14(18-22-15)11-19-6-7-21-13(9-19)10-20-5-3-4-16-20/h3-5,12-13H,6-11H2,1-2H3/t13-/m1/s1. The minimum Gasteiger partial charge on any atom is -0.374 e. The molecule has 1 aliphatic rings. The number of hydrogen-bond donors (Lipinski definition) is 0. The Morgan fingerprint density at radius 3 is 3.09 bits per heavy atom. The first-order chi connectivity index (χ1) is 10.7. The molecule has 0 spiro atoms. The highest BCUT2D eigenvalue weighted by Crippen LogP contribution is 2.11. The monoisotopic (exact) mass is 305 g/mol. The van der Waals surface area contributed by atoms with E-state index in [-0.39, 0.29) is 6.10 Å². The summed E-state index contributed by atoms with van der Waals surface area (Å²) in [6, 6.07) is 1.93. The quantitative estimate of drug-likeness (QED) is 0.803. The van der Waals surface area contributed by atoms with Crippen LogP contribution in [0.3, 0.4) is 0 Å². The van der Waals surface area contributed by atoms with Crippen LogP contribution in [0.15, 0.2) is 23.0 Å². The molecule has 2 aromatic rings. The van der Waals surface area contributed by atoms with Crippen molar-refractivity contribution in [2.45, 2.75) is 39.5 Å². The van der Waals surface area contributed by atoms with Crippen molar-refractivity contribution in [2.75, 3.05) is 19.7 Å². The average Bonchev–Trinajstić information content (AvgIpc) is 3.11. The Morgan fingerprint density at radius 1 is 1.41 bits per heavy atom. The highest BCUT2D eigenvalue weighted by atomic mass is 16.5. The zero-order valence-corrected chi connectivity index (χ0v) is 13.2. The van der Waals surface area contributed by atoms with Crippen molar-refractivity contribution >= 4 is 0 Å². The lowest BCUT2D eigenvalue weighted by Crippen LogP contribution is -2.43. The number of aromatic nitrogens is 4. The van der Waals surface area contributed by atoms with Gasteiger partial charge in [-0.15, -0.1) is 0 Å². The second-order valence-electron chi connectivity index (χ2n) is 6.16. The van der Waals surface area contributed by atoms with Crippen LogP contribution in [0.1, 0.15) is 25.6 Å². The van der Waals surface area contributed by atoms with Gasteiger partial charge in [-0.2, -0.15) is 10.1 Å². The first-order valence-corrected chi connectivity index (χ1v) is 7.82. The molecule has 7 heteroatoms. The molecule has 0 aromatic carbocycles. The van der Waals surface area contributed by atoms with E-state index in [1.807, 2.05) is 16.9 Å². The SMILES string of the molecule is CC(C)Cc1nc(CN2CCO[C@@H](Cn3cccn3)C2)no1. The molecule has 1 aliphatic heterocycles. The van der Waals surface area contributed by atoms with Crippen LogP contribution in [0, 0.1) is 5.92 Å². The lowest BCUT2D eigenvalue weighted by molar-refractivity contribution is -0.0410. The van der Waals surface area contributed by atoms with Crippen molar-refractivity contribution in [3.8, 4) is 0 Å². The van der Waals surface area contributed by atoms with Crippen molar-refractivity contribution in [2.24, 2.45) is 5.92 Å². The van der Waals surface area contributed by atoms with E-state index in [0.29, 0.717) is 12.5 Å². The fraction of sp³-hybridized carbons (Fsp3) is 0.667. The van der Waals surface area contributed by atoms with Gasteiger partial charge >= 0.3 is 0 Å². The second kappa shape index (κ2) is 7.02. The van der Waals surface area contributed by atoms with Crippen LogP contribution in [-0.4, -0.2) is 50.6 Å². The van der Waals surface area contributed by atoms with E-state index in [1.165, 1.54) is 0 Å². The summed E-state index contributed by atoms with van der Waals surface area (Å²) in [5, 5.41) is 8.31. The molecular formula is C15H23N5O2. The fourth-order valence-electron chi connectivity index (χ4n) is 2.64. The molecule has 0 N–H and O–H groups in total. The molecule has 22 heavy (non-hydrogen) atoms. The number of nitrogens with zero attached hydrogens (tertiary/aromatic N) is 5. The summed E-state index contributed by atoms with van der Waals surface area (Å²) >= 11 is 0. The molecule has 1 fully saturated rings. The summed E-state index contributed by atoms with van der Waals surface area (Å²) in [6.45, 7) is 8.24. The number of morpholine rings is 1. The van der Waals surface area contributed by atoms with Crippen LogP contribution < -0.4 is 0 Å². The Balaban J connectivity index is 1.52. The van der Waals surface area contributed by atoms with Gasteiger partial charge in [0.1, 0.15) is 0 Å². The Kier molecular flexibility index (Phi) is 4.84. The minimum absolute atomic E-state index is 0.149. The molecule has 2 aromatic heterocycles. The van der Waals surface area contributed by atoms with Gasteiger partial charge in [0.05, 0.1) is 25.8 Å². The van der Waals surface area contributed by atoms with Gasteiger partial charge in [-0.1, -0.05) is 19.0 Å². The van der Waals surface area contributed by atoms with Crippen molar-refractivity contribution in [1.29, 1.82) is 0 Å². The fourth-order valence-corrected chi connectivity index (χ4v) is 2.64. The van der Waals surface area contributed by atoms with E-state index < -0.39 is 0 Å². The molecular weight excluding hydrogens is 282 g/mol. The molecule has 120 valence electrons. The molecule has 3 rings (SSSR count). The third-order valence-corrected chi connectivity index (χ3v) is 3.63. The van der Waals surface area contributed by atoms with E-state index in [2.05, 4.69) is 34.0 Å². The van der Waals surface area contributed by atoms with E-state index in [4.69, 9.17) is 9.26 Å². The van der Waals surface area contributed by atoms with Gasteiger partial charge < -0.3 is 9.26 Å². The molecule has 0 saturated carbocycles. The molecule has 0 unspecified atom stereocenters. The van der Waals surface area contributed by atoms with Gasteiger partial charge in [0, 0.05) is 31.9 Å². The maximum Gasteiger partial charge on any atom is 0.226 e. The van der Waals surface area contributed by atoms with Crippen LogP contribution in [0.5, 0.6) is 0 Å². The molecule has 0 bridgehead atoms. The first-order valence-electron chi connectivity index (χ1n) is 7.82. The van der Waals surface area contributed by atoms with Gasteiger partial charge in [0.25, 0.3) is 0 Å². The average molecular weight is 305 g/mol. The molecule has 1 atom stereocenters. The van der Waals surface area contributed by atoms with Crippen molar-refractivity contribution in [3.63, 3.8) is 0 Å². The molecule has 7 nitrogen and oxygen atoms in total. The van der Waals surface area contributed by atoms with Crippen molar-refractivity contribution in [3.05, 3.63) is 30.2 Å². The van der Waals surface area contributed by atoms with Gasteiger partial charge in [-0.25, -0.2) is 0 Å². The van der Waals surface area contributed by atoms with Crippen LogP contribution in [0.4, 0.5) is 0 Å². The molecule has 0 aliphatic carbocycles. The van der Waals surface area contributed by atoms with E-state index in [0.717, 1.165) is 44.4 Å². The van der Waals surface area contributed by atoms with Crippen LogP contribution >= 0.6 is 0 Å². The second-order valence-corrected chi connectivity index (χ2v) is 6.16. The Bertz CT molecular complexity index is 566. The molecule has 0 amide bonds. The highest BCUT2D eigenvalue weighted by Gasteiger charge is 2.22. The lowest BCUT2D eigenvalue weighted by Gasteiger charge is -2.31. The largest absolute Gasteiger partial charge is 0.374 e. The van der Waals surface area contributed by atoms with Crippen molar-refractivity contribution in [1.82, 2.24) is 24.8 Å². The number of hydrogen-bond acceptors (Lipinski definition) is 6. The molecule has 1 saturated heterocycles. The summed E-state index contributed by atoms with van der Waals surface area (Å²) in [5.41, 5.74) is 0. The maximum absolute atomic E-state index is 5.81. The summed E-state index contributed by atoms with van der Waals surface area (Å²) < 4.78 is 13.0. The van der Waals surface area contributed by atoms with E-state index in [1.54, 1.807) is 6.20 Å². The Hall–Kier alpha value is -1.73. The third-order valence-electron chi connectivity index (χ3n) is 3.63. The van der Waals surface area contributed by atoms with Crippen LogP contribution in [0.25, 0.3) is 0 Å². The van der Waals surface area contributed by atoms with Gasteiger partial charge in [-0.05, 0) is 12.0 Å². The predicted octanol–water partition coefficient (Wildman–Crippen LogP) is 1.37. The van der Waals surface area contributed by atoms with Crippen molar-refractivity contribution < 1.29 is 9.26 Å². The van der Waals surface area contributed by atoms with Crippen LogP contribution in [0.2, 0.25) is 0 Å². The smallest absolute Gasteiger partial charge is 0.226 e. The highest BCUT2D eigenvalue weighted by molar-refractivity contribution is 4.88. The Labute approximate surface area is 130 Å². The summed E-state index contributed by atoms with van der Waals surface area (Å²) in [6.07, 6.45) is 4.73. The van der Waals surface area contributed by atoms with E-state index in [9.17, 15) is 0 Å². The molecule has 0 radical (unpaired) electrons. The van der Waals surface area contributed by atoms with Gasteiger partial charge in [0.15, 0.2) is 5.82 Å². The zero-order valence-electron chi connectivity index (χ0n) is 13.2. The summed E-state index contributed by atoms with van der Waals surface area (Å²) in [5.74, 6) is 2.01. The maximum atomic E-state index is 5.81. The summed E-state index contributed by atoms with van der Waals surface area (Å²) in [4.78, 5) is 6.77. The minimum atomic E-state index is 0.149. The zero-order chi connectivity index (χ0) is 15.4. The topological polar surface area (TPSA) is 69.2 Å². The normalized spacial score (nSPS) is 19.9. The van der Waals surface area contributed by atoms with Gasteiger partial charge in [0.2, 0.25) is 5.89 Å². The Morgan fingerprint density at radius 2 is 2.32 bits per heavy atom. The molecule has 3 heterocycles. The first kappa shape index (κ1) is 15.2.